The molecule has 0 aliphatic heterocycles. The van der Waals surface area contributed by atoms with E-state index in [1.54, 1.807) is 24.3 Å². The van der Waals surface area contributed by atoms with Crippen molar-refractivity contribution in [2.75, 3.05) is 7.11 Å². The molecule has 0 spiro atoms. The summed E-state index contributed by atoms with van der Waals surface area (Å²) >= 11 is 6.73. The number of esters is 1. The Labute approximate surface area is 136 Å². The monoisotopic (exact) mass is 358 g/mol. The first-order chi connectivity index (χ1) is 10.4. The first-order valence-electron chi connectivity index (χ1n) is 5.90. The summed E-state index contributed by atoms with van der Waals surface area (Å²) in [5.41, 5.74) is 0.672. The standard InChI is InChI=1S/C13H11ClN2O4S2/c1-20-13(17)12-11(6-7-21-12)22(18,19)16-15-8-9-2-4-10(14)5-3-9/h2-8,16H,1H3/b15-8+. The van der Waals surface area contributed by atoms with Gasteiger partial charge in [-0.15, -0.1) is 11.3 Å². The lowest BCUT2D eigenvalue weighted by molar-refractivity contribution is 0.0602. The quantitative estimate of drug-likeness (QED) is 0.505. The number of hydrazone groups is 1. The molecule has 0 fully saturated rings. The summed E-state index contributed by atoms with van der Waals surface area (Å²) in [6, 6.07) is 8.00. The van der Waals surface area contributed by atoms with E-state index in [0.717, 1.165) is 11.3 Å². The predicted molar refractivity (Wildman–Crippen MR) is 85.0 cm³/mol. The zero-order valence-electron chi connectivity index (χ0n) is 11.3. The number of benzene rings is 1. The Morgan fingerprint density at radius 1 is 1.32 bits per heavy atom. The molecule has 1 aromatic carbocycles. The van der Waals surface area contributed by atoms with Crippen molar-refractivity contribution in [1.82, 2.24) is 4.83 Å². The van der Waals surface area contributed by atoms with Crippen LogP contribution in [0, 0.1) is 0 Å². The van der Waals surface area contributed by atoms with Gasteiger partial charge >= 0.3 is 5.97 Å². The normalized spacial score (nSPS) is 11.5. The van der Waals surface area contributed by atoms with Gasteiger partial charge in [-0.2, -0.15) is 13.5 Å². The second-order valence-corrected chi connectivity index (χ2v) is 6.99. The van der Waals surface area contributed by atoms with Gasteiger partial charge in [0.25, 0.3) is 10.0 Å². The lowest BCUT2D eigenvalue weighted by Gasteiger charge is -2.03. The zero-order valence-corrected chi connectivity index (χ0v) is 13.7. The number of sulfonamides is 1. The average Bonchev–Trinajstić information content (AvgIpc) is 2.99. The summed E-state index contributed by atoms with van der Waals surface area (Å²) < 4.78 is 28.8. The summed E-state index contributed by atoms with van der Waals surface area (Å²) in [5, 5.41) is 5.73. The fourth-order valence-corrected chi connectivity index (χ4v) is 3.77. The van der Waals surface area contributed by atoms with Crippen molar-refractivity contribution < 1.29 is 17.9 Å². The summed E-state index contributed by atoms with van der Waals surface area (Å²) in [4.78, 5) is 13.4. The van der Waals surface area contributed by atoms with Crippen LogP contribution < -0.4 is 4.83 Å². The molecule has 2 rings (SSSR count). The minimum Gasteiger partial charge on any atom is -0.465 e. The van der Waals surface area contributed by atoms with E-state index in [1.165, 1.54) is 24.8 Å². The molecule has 22 heavy (non-hydrogen) atoms. The van der Waals surface area contributed by atoms with Crippen molar-refractivity contribution in [2.24, 2.45) is 5.10 Å². The number of nitrogens with one attached hydrogen (secondary N) is 1. The molecule has 9 heteroatoms. The second kappa shape index (κ2) is 6.91. The fraction of sp³-hybridized carbons (Fsp3) is 0.0769. The van der Waals surface area contributed by atoms with E-state index in [-0.39, 0.29) is 9.77 Å². The van der Waals surface area contributed by atoms with Crippen LogP contribution in [0.4, 0.5) is 0 Å². The number of nitrogens with zero attached hydrogens (tertiary/aromatic N) is 1. The Morgan fingerprint density at radius 2 is 2.00 bits per heavy atom. The number of ether oxygens (including phenoxy) is 1. The van der Waals surface area contributed by atoms with Crippen LogP contribution in [-0.2, 0) is 14.8 Å². The highest BCUT2D eigenvalue weighted by atomic mass is 35.5. The van der Waals surface area contributed by atoms with Crippen LogP contribution in [0.15, 0.2) is 45.7 Å². The van der Waals surface area contributed by atoms with Crippen molar-refractivity contribution in [3.63, 3.8) is 0 Å². The minimum absolute atomic E-state index is 0.00306. The first-order valence-corrected chi connectivity index (χ1v) is 8.64. The summed E-state index contributed by atoms with van der Waals surface area (Å²) in [6.07, 6.45) is 1.33. The highest BCUT2D eigenvalue weighted by molar-refractivity contribution is 7.89. The number of thiophene rings is 1. The van der Waals surface area contributed by atoms with Crippen LogP contribution in [0.25, 0.3) is 0 Å². The number of hydrogen-bond acceptors (Lipinski definition) is 6. The summed E-state index contributed by atoms with van der Waals surface area (Å²) in [6.45, 7) is 0. The third kappa shape index (κ3) is 3.85. The predicted octanol–water partition coefficient (Wildman–Crippen LogP) is 2.50. The molecule has 116 valence electrons. The van der Waals surface area contributed by atoms with Gasteiger partial charge in [0, 0.05) is 5.02 Å². The van der Waals surface area contributed by atoms with Crippen molar-refractivity contribution in [2.45, 2.75) is 4.90 Å². The highest BCUT2D eigenvalue weighted by Crippen LogP contribution is 2.22. The summed E-state index contributed by atoms with van der Waals surface area (Å²) in [7, 11) is -2.76. The van der Waals surface area contributed by atoms with Gasteiger partial charge in [-0.3, -0.25) is 0 Å². The number of halogens is 1. The number of rotatable bonds is 5. The number of carbonyl (C=O) groups excluding carboxylic acids is 1. The molecule has 0 amide bonds. The first kappa shape index (κ1) is 16.5. The molecule has 0 saturated carbocycles. The van der Waals surface area contributed by atoms with Crippen LogP contribution >= 0.6 is 22.9 Å². The topological polar surface area (TPSA) is 84.8 Å². The van der Waals surface area contributed by atoms with E-state index < -0.39 is 16.0 Å². The van der Waals surface area contributed by atoms with E-state index in [4.69, 9.17) is 11.6 Å². The van der Waals surface area contributed by atoms with Crippen molar-refractivity contribution in [1.29, 1.82) is 0 Å². The molecule has 0 aliphatic rings. The smallest absolute Gasteiger partial charge is 0.349 e. The third-order valence-corrected chi connectivity index (χ3v) is 5.09. The molecule has 1 N–H and O–H groups in total. The van der Waals surface area contributed by atoms with Gasteiger partial charge in [-0.1, -0.05) is 23.7 Å². The van der Waals surface area contributed by atoms with Gasteiger partial charge in [0.15, 0.2) is 0 Å². The van der Waals surface area contributed by atoms with Crippen molar-refractivity contribution in [3.05, 3.63) is 51.2 Å². The number of methoxy groups -OCH3 is 1. The average molecular weight is 359 g/mol. The van der Waals surface area contributed by atoms with Gasteiger partial charge in [0.2, 0.25) is 0 Å². The van der Waals surface area contributed by atoms with Crippen molar-refractivity contribution >= 4 is 45.1 Å². The fourth-order valence-electron chi connectivity index (χ4n) is 1.52. The van der Waals surface area contributed by atoms with Gasteiger partial charge in [-0.25, -0.2) is 9.63 Å². The van der Waals surface area contributed by atoms with E-state index in [1.807, 2.05) is 0 Å². The van der Waals surface area contributed by atoms with Gasteiger partial charge in [0.1, 0.15) is 9.77 Å². The van der Waals surface area contributed by atoms with E-state index in [2.05, 4.69) is 14.7 Å². The van der Waals surface area contributed by atoms with E-state index >= 15 is 0 Å². The maximum atomic E-state index is 12.1. The molecule has 1 heterocycles. The zero-order chi connectivity index (χ0) is 16.2. The van der Waals surface area contributed by atoms with Crippen LogP contribution in [-0.4, -0.2) is 27.7 Å². The van der Waals surface area contributed by atoms with Crippen molar-refractivity contribution in [3.8, 4) is 0 Å². The Hall–Kier alpha value is -1.90. The lowest BCUT2D eigenvalue weighted by Crippen LogP contribution is -2.20. The molecule has 0 radical (unpaired) electrons. The molecule has 2 aromatic rings. The number of hydrogen-bond donors (Lipinski definition) is 1. The molecule has 1 aromatic heterocycles. The van der Waals surface area contributed by atoms with Crippen LogP contribution in [0.3, 0.4) is 0 Å². The maximum absolute atomic E-state index is 12.1. The van der Waals surface area contributed by atoms with Crippen LogP contribution in [0.2, 0.25) is 5.02 Å². The summed E-state index contributed by atoms with van der Waals surface area (Å²) in [5.74, 6) is -0.711. The molecular formula is C13H11ClN2O4S2. The van der Waals surface area contributed by atoms with E-state index in [9.17, 15) is 13.2 Å². The molecule has 0 atom stereocenters. The molecule has 0 unspecified atom stereocenters. The molecule has 0 bridgehead atoms. The maximum Gasteiger partial charge on any atom is 0.349 e. The third-order valence-electron chi connectivity index (χ3n) is 2.55. The van der Waals surface area contributed by atoms with Gasteiger partial charge in [0.05, 0.1) is 13.3 Å². The lowest BCUT2D eigenvalue weighted by atomic mass is 10.2. The largest absolute Gasteiger partial charge is 0.465 e. The molecule has 0 saturated heterocycles. The van der Waals surface area contributed by atoms with Crippen LogP contribution in [0.5, 0.6) is 0 Å². The van der Waals surface area contributed by atoms with Gasteiger partial charge < -0.3 is 4.74 Å². The Morgan fingerprint density at radius 3 is 2.64 bits per heavy atom. The molecule has 6 nitrogen and oxygen atoms in total. The Kier molecular flexibility index (Phi) is 5.17. The van der Waals surface area contributed by atoms with E-state index in [0.29, 0.717) is 10.6 Å². The highest BCUT2D eigenvalue weighted by Gasteiger charge is 2.24. The van der Waals surface area contributed by atoms with Gasteiger partial charge in [-0.05, 0) is 29.1 Å². The SMILES string of the molecule is COC(=O)c1sccc1S(=O)(=O)N/N=C/c1ccc(Cl)cc1. The number of carbonyl (C=O) groups is 1. The molecule has 0 aliphatic carbocycles. The Balaban J connectivity index is 2.16. The second-order valence-electron chi connectivity index (χ2n) is 4.01. The van der Waals surface area contributed by atoms with Crippen LogP contribution in [0.1, 0.15) is 15.2 Å². The Bertz CT molecular complexity index is 798. The minimum atomic E-state index is -3.95. The molecular weight excluding hydrogens is 348 g/mol.